The molecule has 3 N–H and O–H groups in total. The molecule has 3 aromatic rings. The fraction of sp³-hybridized carbons (Fsp3) is 0.143. The second-order valence-electron chi connectivity index (χ2n) is 6.65. The zero-order valence-electron chi connectivity index (χ0n) is 15.6. The van der Waals surface area contributed by atoms with Gasteiger partial charge in [0.15, 0.2) is 5.88 Å². The fourth-order valence-electron chi connectivity index (χ4n) is 3.29. The molecular formula is C21H19N3O4S. The van der Waals surface area contributed by atoms with Crippen LogP contribution in [0.25, 0.3) is 11.3 Å². The van der Waals surface area contributed by atoms with Crippen LogP contribution in [0.15, 0.2) is 64.5 Å². The number of nitrogens with zero attached hydrogens (tertiary/aromatic N) is 1. The van der Waals surface area contributed by atoms with E-state index in [-0.39, 0.29) is 10.8 Å². The minimum atomic E-state index is -3.59. The zero-order chi connectivity index (χ0) is 20.6. The van der Waals surface area contributed by atoms with Crippen LogP contribution in [0.5, 0.6) is 5.88 Å². The summed E-state index contributed by atoms with van der Waals surface area (Å²) in [6.45, 7) is 2.24. The van der Waals surface area contributed by atoms with Gasteiger partial charge in [-0.15, -0.1) is 0 Å². The van der Waals surface area contributed by atoms with Crippen LogP contribution >= 0.6 is 0 Å². The smallest absolute Gasteiger partial charge is 0.280 e. The van der Waals surface area contributed by atoms with Gasteiger partial charge in [0.25, 0.3) is 5.91 Å². The summed E-state index contributed by atoms with van der Waals surface area (Å²) in [7, 11) is -3.59. The highest BCUT2D eigenvalue weighted by molar-refractivity contribution is 7.89. The van der Waals surface area contributed by atoms with Crippen molar-refractivity contribution in [2.75, 3.05) is 6.54 Å². The molecule has 0 saturated carbocycles. The molecule has 0 spiro atoms. The molecule has 1 aromatic heterocycles. The average Bonchev–Trinajstić information content (AvgIpc) is 3.26. The van der Waals surface area contributed by atoms with E-state index in [2.05, 4.69) is 14.7 Å². The number of hydrogen-bond acceptors (Lipinski definition) is 4. The van der Waals surface area contributed by atoms with E-state index in [1.807, 2.05) is 37.3 Å². The van der Waals surface area contributed by atoms with Gasteiger partial charge in [-0.3, -0.25) is 4.79 Å². The van der Waals surface area contributed by atoms with Crippen molar-refractivity contribution in [2.24, 2.45) is 4.99 Å². The number of rotatable bonds is 6. The van der Waals surface area contributed by atoms with Gasteiger partial charge in [0.1, 0.15) is 0 Å². The van der Waals surface area contributed by atoms with Crippen molar-refractivity contribution in [3.8, 4) is 17.1 Å². The Labute approximate surface area is 168 Å². The van der Waals surface area contributed by atoms with Crippen molar-refractivity contribution >= 4 is 21.6 Å². The van der Waals surface area contributed by atoms with Crippen LogP contribution in [0.3, 0.4) is 0 Å². The van der Waals surface area contributed by atoms with E-state index in [1.54, 1.807) is 12.1 Å². The molecule has 0 unspecified atom stereocenters. The largest absolute Gasteiger partial charge is 0.494 e. The molecule has 4 rings (SSSR count). The lowest BCUT2D eigenvalue weighted by Crippen LogP contribution is -2.24. The molecule has 1 aliphatic rings. The topological polar surface area (TPSA) is 112 Å². The van der Waals surface area contributed by atoms with Gasteiger partial charge in [-0.05, 0) is 24.1 Å². The van der Waals surface area contributed by atoms with Crippen molar-refractivity contribution in [1.29, 1.82) is 0 Å². The number of hydrogen-bond donors (Lipinski definition) is 3. The maximum atomic E-state index is 12.6. The number of H-pyrrole nitrogens is 1. The highest BCUT2D eigenvalue weighted by atomic mass is 32.2. The zero-order valence-corrected chi connectivity index (χ0v) is 16.5. The summed E-state index contributed by atoms with van der Waals surface area (Å²) in [5, 5.41) is 10.4. The van der Waals surface area contributed by atoms with Crippen LogP contribution in [0.4, 0.5) is 0 Å². The number of carbonyl (C=O) groups excluding carboxylic acids is 1. The van der Waals surface area contributed by atoms with Crippen molar-refractivity contribution in [3.05, 3.63) is 71.3 Å². The minimum Gasteiger partial charge on any atom is -0.494 e. The number of sulfonamides is 1. The monoisotopic (exact) mass is 409 g/mol. The van der Waals surface area contributed by atoms with Crippen LogP contribution in [-0.4, -0.2) is 36.7 Å². The summed E-state index contributed by atoms with van der Waals surface area (Å²) in [6, 6.07) is 15.3. The minimum absolute atomic E-state index is 0.128. The number of fused-ring (bicyclic) bond motifs is 1. The van der Waals surface area contributed by atoms with E-state index in [0.29, 0.717) is 41.1 Å². The number of benzene rings is 2. The third-order valence-electron chi connectivity index (χ3n) is 4.69. The van der Waals surface area contributed by atoms with Gasteiger partial charge in [-0.2, -0.15) is 0 Å². The normalized spacial score (nSPS) is 13.4. The number of aromatic nitrogens is 1. The summed E-state index contributed by atoms with van der Waals surface area (Å²) in [4.78, 5) is 19.7. The molecule has 1 amide bonds. The van der Waals surface area contributed by atoms with Gasteiger partial charge < -0.3 is 10.1 Å². The molecule has 148 valence electrons. The third-order valence-corrected chi connectivity index (χ3v) is 6.16. The molecule has 0 radical (unpaired) electrons. The van der Waals surface area contributed by atoms with E-state index >= 15 is 0 Å². The molecule has 0 saturated heterocycles. The first-order valence-electron chi connectivity index (χ1n) is 9.16. The summed E-state index contributed by atoms with van der Waals surface area (Å²) < 4.78 is 27.0. The lowest BCUT2D eigenvalue weighted by Gasteiger charge is -2.07. The number of carbonyl (C=O) groups is 1. The number of nitrogens with one attached hydrogen (secondary N) is 2. The maximum absolute atomic E-state index is 12.6. The Morgan fingerprint density at radius 2 is 1.69 bits per heavy atom. The first kappa shape index (κ1) is 19.1. The highest BCUT2D eigenvalue weighted by Crippen LogP contribution is 2.37. The molecule has 29 heavy (non-hydrogen) atoms. The van der Waals surface area contributed by atoms with Gasteiger partial charge in [0.05, 0.1) is 27.4 Å². The van der Waals surface area contributed by atoms with Crippen molar-refractivity contribution < 1.29 is 18.3 Å². The molecule has 0 atom stereocenters. The number of amides is 1. The van der Waals surface area contributed by atoms with E-state index in [0.717, 1.165) is 5.56 Å². The number of aromatic amines is 1. The Kier molecular flexibility index (Phi) is 4.81. The van der Waals surface area contributed by atoms with Crippen molar-refractivity contribution in [2.45, 2.75) is 18.2 Å². The quantitative estimate of drug-likeness (QED) is 0.581. The Hall–Kier alpha value is -3.23. The van der Waals surface area contributed by atoms with E-state index < -0.39 is 15.9 Å². The molecule has 2 aromatic carbocycles. The predicted octanol–water partition coefficient (Wildman–Crippen LogP) is 3.07. The van der Waals surface area contributed by atoms with Crippen LogP contribution in [0.2, 0.25) is 0 Å². The highest BCUT2D eigenvalue weighted by Gasteiger charge is 2.33. The molecule has 0 aliphatic carbocycles. The van der Waals surface area contributed by atoms with Gasteiger partial charge in [-0.25, -0.2) is 18.1 Å². The van der Waals surface area contributed by atoms with E-state index in [1.165, 1.54) is 12.1 Å². The van der Waals surface area contributed by atoms with Gasteiger partial charge in [0.2, 0.25) is 10.0 Å². The molecule has 8 heteroatoms. The molecule has 7 nitrogen and oxygen atoms in total. The number of aromatic hydroxyl groups is 1. The van der Waals surface area contributed by atoms with Crippen molar-refractivity contribution in [3.63, 3.8) is 0 Å². The number of aliphatic imine (C=N–C) groups is 1. The lowest BCUT2D eigenvalue weighted by molar-refractivity contribution is 0.101. The first-order chi connectivity index (χ1) is 13.9. The third kappa shape index (κ3) is 3.37. The second kappa shape index (κ2) is 7.31. The predicted molar refractivity (Wildman–Crippen MR) is 110 cm³/mol. The van der Waals surface area contributed by atoms with Crippen molar-refractivity contribution in [1.82, 2.24) is 9.71 Å². The molecule has 2 heterocycles. The Morgan fingerprint density at radius 3 is 2.34 bits per heavy atom. The Morgan fingerprint density at radius 1 is 1.00 bits per heavy atom. The molecule has 0 bridgehead atoms. The molecule has 1 aliphatic heterocycles. The summed E-state index contributed by atoms with van der Waals surface area (Å²) in [6.07, 6.45) is 0.690. The lowest BCUT2D eigenvalue weighted by atomic mass is 10.0. The van der Waals surface area contributed by atoms with Gasteiger partial charge in [0, 0.05) is 12.1 Å². The van der Waals surface area contributed by atoms with E-state index in [9.17, 15) is 18.3 Å². The first-order valence-corrected chi connectivity index (χ1v) is 10.6. The van der Waals surface area contributed by atoms with Gasteiger partial charge in [-0.1, -0.05) is 49.4 Å². The summed E-state index contributed by atoms with van der Waals surface area (Å²) >= 11 is 0. The molecule has 0 fully saturated rings. The average molecular weight is 409 g/mol. The summed E-state index contributed by atoms with van der Waals surface area (Å²) in [5.41, 5.74) is 2.76. The fourth-order valence-corrected chi connectivity index (χ4v) is 4.42. The second-order valence-corrected chi connectivity index (χ2v) is 8.42. The Bertz CT molecular complexity index is 1210. The van der Waals surface area contributed by atoms with Crippen LogP contribution < -0.4 is 4.72 Å². The Balaban J connectivity index is 1.72. The van der Waals surface area contributed by atoms with Crippen LogP contribution in [-0.2, 0) is 10.0 Å². The van der Waals surface area contributed by atoms with Crippen LogP contribution in [0.1, 0.15) is 34.8 Å². The van der Waals surface area contributed by atoms with E-state index in [4.69, 9.17) is 0 Å². The standard InChI is InChI=1S/C21H19N3O4S/c1-2-12-22-29(27,28)15-10-8-14(9-11-15)19-17-16(20(25)24-19)18(23-21(17)26)13-6-4-3-5-7-13/h3-11,22-23,26H,2,12H2,1H3. The molecular weight excluding hydrogens is 390 g/mol. The SMILES string of the molecule is CCCNS(=O)(=O)c1ccc(C2=NC(=O)c3c(-c4ccccc4)[nH]c(O)c32)cc1. The van der Waals surface area contributed by atoms with Gasteiger partial charge >= 0.3 is 0 Å². The maximum Gasteiger partial charge on any atom is 0.280 e. The summed E-state index contributed by atoms with van der Waals surface area (Å²) in [5.74, 6) is -0.600. The van der Waals surface area contributed by atoms with Crippen LogP contribution in [0, 0.1) is 0 Å².